The lowest BCUT2D eigenvalue weighted by Gasteiger charge is -2.23. The van der Waals surface area contributed by atoms with Crippen LogP contribution in [-0.2, 0) is 27.3 Å². The van der Waals surface area contributed by atoms with Gasteiger partial charge in [0, 0.05) is 10.6 Å². The molecule has 0 bridgehead atoms. The van der Waals surface area contributed by atoms with Gasteiger partial charge in [0.15, 0.2) is 0 Å². The number of methoxy groups -OCH3 is 1. The summed E-state index contributed by atoms with van der Waals surface area (Å²) < 4.78 is 16.9. The molecular formula is C34H42N2O6S. The molecule has 1 N–H and O–H groups in total. The van der Waals surface area contributed by atoms with Gasteiger partial charge in [0.2, 0.25) is 0 Å². The van der Waals surface area contributed by atoms with Crippen molar-refractivity contribution in [1.29, 1.82) is 0 Å². The molecule has 2 atom stereocenters. The monoisotopic (exact) mass is 606 g/mol. The molecule has 2 heterocycles. The predicted octanol–water partition coefficient (Wildman–Crippen LogP) is 7.61. The number of amides is 3. The van der Waals surface area contributed by atoms with Crippen LogP contribution < -0.4 is 15.0 Å². The van der Waals surface area contributed by atoms with Crippen molar-refractivity contribution in [3.05, 3.63) is 81.5 Å². The molecule has 3 aromatic rings. The number of thiophene rings is 1. The van der Waals surface area contributed by atoms with E-state index in [-0.39, 0.29) is 24.1 Å². The maximum atomic E-state index is 12.8. The van der Waals surface area contributed by atoms with Crippen molar-refractivity contribution in [2.24, 2.45) is 0 Å². The molecule has 4 rings (SSSR count). The van der Waals surface area contributed by atoms with Crippen LogP contribution in [0.3, 0.4) is 0 Å². The van der Waals surface area contributed by atoms with Gasteiger partial charge in [-0.25, -0.2) is 9.59 Å². The first-order valence-electron chi connectivity index (χ1n) is 15.1. The fraction of sp³-hybridized carbons (Fsp3) is 0.441. The third kappa shape index (κ3) is 8.91. The number of benzene rings is 2. The van der Waals surface area contributed by atoms with Gasteiger partial charge in [-0.2, -0.15) is 0 Å². The molecule has 1 saturated heterocycles. The molecule has 1 aliphatic rings. The van der Waals surface area contributed by atoms with E-state index in [9.17, 15) is 14.4 Å². The van der Waals surface area contributed by atoms with E-state index in [0.717, 1.165) is 47.4 Å². The Kier molecular flexibility index (Phi) is 11.8. The first-order valence-corrected chi connectivity index (χ1v) is 15.9. The number of rotatable bonds is 16. The molecule has 0 spiro atoms. The summed E-state index contributed by atoms with van der Waals surface area (Å²) in [5, 5.41) is 2.48. The second-order valence-corrected chi connectivity index (χ2v) is 12.2. The molecule has 1 aromatic heterocycles. The first-order chi connectivity index (χ1) is 20.8. The van der Waals surface area contributed by atoms with Crippen molar-refractivity contribution >= 4 is 34.9 Å². The van der Waals surface area contributed by atoms with E-state index in [1.165, 1.54) is 11.3 Å². The summed E-state index contributed by atoms with van der Waals surface area (Å²) in [5.74, 6) is 0.202. The predicted molar refractivity (Wildman–Crippen MR) is 169 cm³/mol. The molecule has 9 heteroatoms. The van der Waals surface area contributed by atoms with Gasteiger partial charge < -0.3 is 14.2 Å². The van der Waals surface area contributed by atoms with E-state index in [4.69, 9.17) is 14.2 Å². The molecule has 3 amide bonds. The summed E-state index contributed by atoms with van der Waals surface area (Å²) >= 11 is 1.41. The zero-order valence-corrected chi connectivity index (χ0v) is 26.3. The highest BCUT2D eigenvalue weighted by Gasteiger charge is 2.38. The quantitative estimate of drug-likeness (QED) is 0.102. The van der Waals surface area contributed by atoms with E-state index in [1.807, 2.05) is 68.4 Å². The summed E-state index contributed by atoms with van der Waals surface area (Å²) in [6, 6.07) is 18.4. The minimum absolute atomic E-state index is 0.0824. The van der Waals surface area contributed by atoms with Gasteiger partial charge in [0.05, 0.1) is 25.9 Å². The minimum atomic E-state index is -0.588. The highest BCUT2D eigenvalue weighted by molar-refractivity contribution is 7.13. The summed E-state index contributed by atoms with van der Waals surface area (Å²) in [6.45, 7) is 6.31. The Morgan fingerprint density at radius 1 is 0.977 bits per heavy atom. The van der Waals surface area contributed by atoms with Gasteiger partial charge in [0.1, 0.15) is 16.7 Å². The molecule has 0 radical (unpaired) electrons. The average molecular weight is 607 g/mol. The zero-order chi connectivity index (χ0) is 30.8. The molecule has 0 saturated carbocycles. The van der Waals surface area contributed by atoms with E-state index in [2.05, 4.69) is 12.2 Å². The molecule has 2 aromatic carbocycles. The van der Waals surface area contributed by atoms with Crippen LogP contribution in [0.5, 0.6) is 5.75 Å². The number of imide groups is 1. The number of hydrogen-bond donors (Lipinski definition) is 1. The normalized spacial score (nSPS) is 15.6. The number of esters is 1. The highest BCUT2D eigenvalue weighted by Crippen LogP contribution is 2.30. The Morgan fingerprint density at radius 2 is 1.72 bits per heavy atom. The smallest absolute Gasteiger partial charge is 0.348 e. The number of aryl methyl sites for hydroxylation is 1. The van der Waals surface area contributed by atoms with Crippen molar-refractivity contribution in [3.63, 3.8) is 0 Å². The van der Waals surface area contributed by atoms with Gasteiger partial charge in [-0.3, -0.25) is 15.0 Å². The number of ether oxygens (including phenoxy) is 3. The van der Waals surface area contributed by atoms with Crippen molar-refractivity contribution in [3.8, 4) is 5.75 Å². The Bertz CT molecular complexity index is 1350. The van der Waals surface area contributed by atoms with Gasteiger partial charge >= 0.3 is 12.0 Å². The molecule has 1 fully saturated rings. The number of hydrogen-bond acceptors (Lipinski definition) is 7. The number of carbonyl (C=O) groups is 3. The number of unbranched alkanes of at least 4 members (excludes halogenated alkanes) is 2. The standard InChI is InChI=1S/C34H42N2O6S/c1-5-6-7-11-30(41-22-24-12-18-27(40-4)19-13-24)25-14-16-26(17-15-25)36-29(32(37)35-34(36)39)10-8-9-28-20-21-31(43-28)33(38)42-23(2)3/h12-21,23,29-30H,5-11,22H2,1-4H3,(H,35,37,39). The van der Waals surface area contributed by atoms with Crippen LogP contribution in [0.2, 0.25) is 0 Å². The molecule has 230 valence electrons. The summed E-state index contributed by atoms with van der Waals surface area (Å²) in [5.41, 5.74) is 2.79. The van der Waals surface area contributed by atoms with Crippen molar-refractivity contribution in [1.82, 2.24) is 5.32 Å². The number of urea groups is 1. The molecule has 2 unspecified atom stereocenters. The molecule has 0 aliphatic carbocycles. The Hall–Kier alpha value is -3.69. The van der Waals surface area contributed by atoms with Gasteiger partial charge in [-0.15, -0.1) is 11.3 Å². The van der Waals surface area contributed by atoms with Gasteiger partial charge in [0.25, 0.3) is 5.91 Å². The maximum Gasteiger partial charge on any atom is 0.348 e. The van der Waals surface area contributed by atoms with Crippen LogP contribution in [0, 0.1) is 0 Å². The van der Waals surface area contributed by atoms with Crippen molar-refractivity contribution < 1.29 is 28.6 Å². The highest BCUT2D eigenvalue weighted by atomic mass is 32.1. The van der Waals surface area contributed by atoms with E-state index < -0.39 is 12.1 Å². The second-order valence-electron chi connectivity index (χ2n) is 11.0. The summed E-state index contributed by atoms with van der Waals surface area (Å²) in [6.07, 6.45) is 5.86. The third-order valence-corrected chi connectivity index (χ3v) is 8.52. The number of nitrogens with one attached hydrogen (secondary N) is 1. The molecule has 43 heavy (non-hydrogen) atoms. The third-order valence-electron chi connectivity index (χ3n) is 7.39. The molecular weight excluding hydrogens is 564 g/mol. The van der Waals surface area contributed by atoms with Crippen LogP contribution in [0.25, 0.3) is 0 Å². The van der Waals surface area contributed by atoms with Crippen LogP contribution >= 0.6 is 11.3 Å². The number of carbonyl (C=O) groups excluding carboxylic acids is 3. The Labute approximate surface area is 258 Å². The van der Waals surface area contributed by atoms with Crippen molar-refractivity contribution in [2.75, 3.05) is 12.0 Å². The summed E-state index contributed by atoms with van der Waals surface area (Å²) in [4.78, 5) is 40.9. The molecule has 1 aliphatic heterocycles. The topological polar surface area (TPSA) is 94.2 Å². The fourth-order valence-electron chi connectivity index (χ4n) is 5.12. The Morgan fingerprint density at radius 3 is 2.40 bits per heavy atom. The fourth-order valence-corrected chi connectivity index (χ4v) is 6.06. The summed E-state index contributed by atoms with van der Waals surface area (Å²) in [7, 11) is 1.65. The van der Waals surface area contributed by atoms with E-state index in [0.29, 0.717) is 36.4 Å². The van der Waals surface area contributed by atoms with E-state index >= 15 is 0 Å². The van der Waals surface area contributed by atoms with Crippen LogP contribution in [0.4, 0.5) is 10.5 Å². The lowest BCUT2D eigenvalue weighted by molar-refractivity contribution is -0.120. The van der Waals surface area contributed by atoms with Crippen LogP contribution in [0.1, 0.15) is 91.1 Å². The SMILES string of the molecule is CCCCCC(OCc1ccc(OC)cc1)c1ccc(N2C(=O)NC(=O)C2CCCc2ccc(C(=O)OC(C)C)s2)cc1. The van der Waals surface area contributed by atoms with Gasteiger partial charge in [-0.1, -0.05) is 50.5 Å². The average Bonchev–Trinajstić information content (AvgIpc) is 3.58. The van der Waals surface area contributed by atoms with E-state index in [1.54, 1.807) is 18.1 Å². The first kappa shape index (κ1) is 32.2. The largest absolute Gasteiger partial charge is 0.497 e. The lowest BCUT2D eigenvalue weighted by Crippen LogP contribution is -2.35. The second kappa shape index (κ2) is 15.7. The Balaban J connectivity index is 1.39. The van der Waals surface area contributed by atoms with Crippen molar-refractivity contribution in [2.45, 2.75) is 90.6 Å². The van der Waals surface area contributed by atoms with Crippen LogP contribution in [-0.4, -0.2) is 37.2 Å². The number of anilines is 1. The minimum Gasteiger partial charge on any atom is -0.497 e. The lowest BCUT2D eigenvalue weighted by atomic mass is 10.0. The molecule has 8 nitrogen and oxygen atoms in total. The van der Waals surface area contributed by atoms with Gasteiger partial charge in [-0.05, 0) is 87.1 Å². The zero-order valence-electron chi connectivity index (χ0n) is 25.5. The maximum absolute atomic E-state index is 12.8. The number of nitrogens with zero attached hydrogens (tertiary/aromatic N) is 1. The van der Waals surface area contributed by atoms with Crippen LogP contribution in [0.15, 0.2) is 60.7 Å².